The quantitative estimate of drug-likeness (QED) is 0.603. The van der Waals surface area contributed by atoms with E-state index in [0.29, 0.717) is 5.92 Å². The van der Waals surface area contributed by atoms with Crippen molar-refractivity contribution < 1.29 is 0 Å². The Morgan fingerprint density at radius 2 is 1.76 bits per heavy atom. The molecular weight excluding hydrogens is 344 g/mol. The number of nitrogens with two attached hydrogens (primary N) is 1. The Labute approximate surface area is 119 Å². The molecule has 0 aromatic heterocycles. The molecule has 2 N–H and O–H groups in total. The van der Waals surface area contributed by atoms with Gasteiger partial charge in [0.15, 0.2) is 0 Å². The summed E-state index contributed by atoms with van der Waals surface area (Å²) in [6.45, 7) is 2.06. The number of benzene rings is 1. The van der Waals surface area contributed by atoms with E-state index in [9.17, 15) is 0 Å². The van der Waals surface area contributed by atoms with Gasteiger partial charge in [-0.3, -0.25) is 0 Å². The summed E-state index contributed by atoms with van der Waals surface area (Å²) in [5, 5.41) is 0. The maximum absolute atomic E-state index is 6.10. The molecule has 1 saturated carbocycles. The van der Waals surface area contributed by atoms with Crippen LogP contribution in [0.4, 0.5) is 5.69 Å². The first-order valence-electron chi connectivity index (χ1n) is 5.87. The maximum atomic E-state index is 6.10. The first kappa shape index (κ1) is 13.1. The Morgan fingerprint density at radius 3 is 2.29 bits per heavy atom. The van der Waals surface area contributed by atoms with E-state index in [4.69, 9.17) is 5.73 Å². The Morgan fingerprint density at radius 1 is 1.24 bits per heavy atom. The van der Waals surface area contributed by atoms with Crippen LogP contribution in [-0.2, 0) is 0 Å². The highest BCUT2D eigenvalue weighted by Gasteiger charge is 2.19. The second-order valence-electron chi connectivity index (χ2n) is 4.60. The second-order valence-corrected chi connectivity index (χ2v) is 6.30. The van der Waals surface area contributed by atoms with E-state index >= 15 is 0 Å². The number of hydrogen-bond acceptors (Lipinski definition) is 1. The summed E-state index contributed by atoms with van der Waals surface area (Å²) in [4.78, 5) is 4.58. The molecule has 0 atom stereocenters. The van der Waals surface area contributed by atoms with Crippen LogP contribution in [0.1, 0.15) is 31.2 Å². The molecule has 17 heavy (non-hydrogen) atoms. The predicted octanol–water partition coefficient (Wildman–Crippen LogP) is 4.70. The first-order valence-corrected chi connectivity index (χ1v) is 7.46. The minimum Gasteiger partial charge on any atom is -0.387 e. The Balaban J connectivity index is 2.31. The lowest BCUT2D eigenvalue weighted by Crippen LogP contribution is -2.20. The van der Waals surface area contributed by atoms with Gasteiger partial charge >= 0.3 is 0 Å². The minimum absolute atomic E-state index is 0.468. The molecule has 0 radical (unpaired) electrons. The Kier molecular flexibility index (Phi) is 4.26. The summed E-state index contributed by atoms with van der Waals surface area (Å²) in [5.74, 6) is 1.24. The van der Waals surface area contributed by atoms with Crippen LogP contribution in [0, 0.1) is 12.8 Å². The second kappa shape index (κ2) is 5.53. The topological polar surface area (TPSA) is 38.4 Å². The molecule has 0 amide bonds. The zero-order chi connectivity index (χ0) is 12.4. The van der Waals surface area contributed by atoms with Gasteiger partial charge in [0.05, 0.1) is 5.69 Å². The standard InChI is InChI=1S/C13H16Br2N2/c1-8-6-10(14)12(11(15)7-8)17-13(16)9-4-2-3-5-9/h6-7,9H,2-5H2,1H3,(H2,16,17). The van der Waals surface area contributed by atoms with Crippen LogP contribution >= 0.6 is 31.9 Å². The van der Waals surface area contributed by atoms with E-state index in [-0.39, 0.29) is 0 Å². The summed E-state index contributed by atoms with van der Waals surface area (Å²) in [6, 6.07) is 4.12. The molecule has 0 heterocycles. The van der Waals surface area contributed by atoms with Crippen molar-refractivity contribution in [3.63, 3.8) is 0 Å². The number of amidine groups is 1. The third-order valence-corrected chi connectivity index (χ3v) is 4.38. The average molecular weight is 360 g/mol. The number of nitrogens with zero attached hydrogens (tertiary/aromatic N) is 1. The zero-order valence-corrected chi connectivity index (χ0v) is 13.0. The van der Waals surface area contributed by atoms with Crippen molar-refractivity contribution in [1.82, 2.24) is 0 Å². The van der Waals surface area contributed by atoms with E-state index < -0.39 is 0 Å². The average Bonchev–Trinajstić information content (AvgIpc) is 2.76. The molecule has 0 bridgehead atoms. The highest BCUT2D eigenvalue weighted by Crippen LogP contribution is 2.36. The number of halogens is 2. The fraction of sp³-hybridized carbons (Fsp3) is 0.462. The summed E-state index contributed by atoms with van der Waals surface area (Å²) in [7, 11) is 0. The SMILES string of the molecule is Cc1cc(Br)c(N=C(N)C2CCCC2)c(Br)c1. The highest BCUT2D eigenvalue weighted by molar-refractivity contribution is 9.11. The molecule has 2 nitrogen and oxygen atoms in total. The lowest BCUT2D eigenvalue weighted by Gasteiger charge is -2.10. The number of hydrogen-bond donors (Lipinski definition) is 1. The maximum Gasteiger partial charge on any atom is 0.103 e. The molecule has 1 aromatic rings. The Bertz CT molecular complexity index is 426. The molecule has 1 aliphatic rings. The van der Waals surface area contributed by atoms with Gasteiger partial charge < -0.3 is 5.73 Å². The lowest BCUT2D eigenvalue weighted by atomic mass is 10.1. The van der Waals surface area contributed by atoms with Crippen molar-refractivity contribution in [2.75, 3.05) is 0 Å². The lowest BCUT2D eigenvalue weighted by molar-refractivity contribution is 0.722. The highest BCUT2D eigenvalue weighted by atomic mass is 79.9. The fourth-order valence-electron chi connectivity index (χ4n) is 2.24. The van der Waals surface area contributed by atoms with Crippen LogP contribution < -0.4 is 5.73 Å². The normalized spacial score (nSPS) is 17.7. The van der Waals surface area contributed by atoms with Gasteiger partial charge in [-0.25, -0.2) is 4.99 Å². The van der Waals surface area contributed by atoms with E-state index in [1.807, 2.05) is 0 Å². The summed E-state index contributed by atoms with van der Waals surface area (Å²) in [6.07, 6.45) is 4.90. The molecule has 92 valence electrons. The molecule has 0 unspecified atom stereocenters. The van der Waals surface area contributed by atoms with Crippen molar-refractivity contribution in [2.45, 2.75) is 32.6 Å². The summed E-state index contributed by atoms with van der Waals surface area (Å²) in [5.41, 5.74) is 8.19. The molecule has 1 aliphatic carbocycles. The molecule has 1 fully saturated rings. The van der Waals surface area contributed by atoms with Gasteiger partial charge in [-0.05, 0) is 69.3 Å². The van der Waals surface area contributed by atoms with Gasteiger partial charge in [-0.1, -0.05) is 12.8 Å². The van der Waals surface area contributed by atoms with Crippen molar-refractivity contribution >= 4 is 43.4 Å². The summed E-state index contributed by atoms with van der Waals surface area (Å²) < 4.78 is 1.98. The molecular formula is C13H16Br2N2. The molecule has 1 aromatic carbocycles. The number of rotatable bonds is 2. The summed E-state index contributed by atoms with van der Waals surface area (Å²) >= 11 is 7.08. The largest absolute Gasteiger partial charge is 0.387 e. The van der Waals surface area contributed by atoms with Crippen molar-refractivity contribution in [1.29, 1.82) is 0 Å². The van der Waals surface area contributed by atoms with Gasteiger partial charge in [-0.15, -0.1) is 0 Å². The van der Waals surface area contributed by atoms with Crippen LogP contribution in [-0.4, -0.2) is 5.84 Å². The van der Waals surface area contributed by atoms with E-state index in [1.165, 1.54) is 31.2 Å². The van der Waals surface area contributed by atoms with E-state index in [1.54, 1.807) is 0 Å². The molecule has 4 heteroatoms. The minimum atomic E-state index is 0.468. The molecule has 0 aliphatic heterocycles. The van der Waals surface area contributed by atoms with Gasteiger partial charge in [0.2, 0.25) is 0 Å². The zero-order valence-electron chi connectivity index (χ0n) is 9.84. The van der Waals surface area contributed by atoms with Gasteiger partial charge in [-0.2, -0.15) is 0 Å². The van der Waals surface area contributed by atoms with Crippen molar-refractivity contribution in [3.05, 3.63) is 26.6 Å². The molecule has 0 saturated heterocycles. The van der Waals surface area contributed by atoms with Crippen molar-refractivity contribution in [3.8, 4) is 0 Å². The number of aliphatic imine (C=N–C) groups is 1. The van der Waals surface area contributed by atoms with Crippen LogP contribution in [0.15, 0.2) is 26.1 Å². The third kappa shape index (κ3) is 3.10. The van der Waals surface area contributed by atoms with Crippen LogP contribution in [0.2, 0.25) is 0 Å². The van der Waals surface area contributed by atoms with E-state index in [0.717, 1.165) is 20.5 Å². The Hall–Kier alpha value is -0.350. The fourth-order valence-corrected chi connectivity index (χ4v) is 3.83. The molecule has 0 spiro atoms. The smallest absolute Gasteiger partial charge is 0.103 e. The van der Waals surface area contributed by atoms with Gasteiger partial charge in [0.1, 0.15) is 5.84 Å². The first-order chi connectivity index (χ1) is 8.08. The van der Waals surface area contributed by atoms with Crippen LogP contribution in [0.5, 0.6) is 0 Å². The monoisotopic (exact) mass is 358 g/mol. The predicted molar refractivity (Wildman–Crippen MR) is 79.8 cm³/mol. The van der Waals surface area contributed by atoms with Crippen LogP contribution in [0.3, 0.4) is 0 Å². The van der Waals surface area contributed by atoms with E-state index in [2.05, 4.69) is 55.9 Å². The van der Waals surface area contributed by atoms with Gasteiger partial charge in [0, 0.05) is 14.9 Å². The van der Waals surface area contributed by atoms with Crippen LogP contribution in [0.25, 0.3) is 0 Å². The number of aryl methyl sites for hydroxylation is 1. The molecule has 2 rings (SSSR count). The van der Waals surface area contributed by atoms with Crippen molar-refractivity contribution in [2.24, 2.45) is 16.6 Å². The third-order valence-electron chi connectivity index (χ3n) is 3.18. The van der Waals surface area contributed by atoms with Gasteiger partial charge in [0.25, 0.3) is 0 Å².